The predicted octanol–water partition coefficient (Wildman–Crippen LogP) is 1.20. The molecule has 0 aliphatic carbocycles. The third kappa shape index (κ3) is 2.70. The van der Waals surface area contributed by atoms with Crippen LogP contribution >= 0.6 is 0 Å². The van der Waals surface area contributed by atoms with Crippen LogP contribution in [0.3, 0.4) is 0 Å². The van der Waals surface area contributed by atoms with Gasteiger partial charge in [-0.2, -0.15) is 0 Å². The zero-order chi connectivity index (χ0) is 11.4. The average Bonchev–Trinajstić information content (AvgIpc) is 2.80. The number of rotatable bonds is 4. The number of nitrogens with zero attached hydrogens (tertiary/aromatic N) is 1. The van der Waals surface area contributed by atoms with Crippen molar-refractivity contribution in [2.24, 2.45) is 5.92 Å². The van der Waals surface area contributed by atoms with Gasteiger partial charge >= 0.3 is 5.97 Å². The van der Waals surface area contributed by atoms with Crippen LogP contribution in [0.5, 0.6) is 5.88 Å². The highest BCUT2D eigenvalue weighted by molar-refractivity contribution is 5.87. The largest absolute Gasteiger partial charge is 0.478 e. The summed E-state index contributed by atoms with van der Waals surface area (Å²) in [4.78, 5) is 14.5. The standard InChI is InChI=1S/C11H13NO4/c13-11(14)9-1-2-10(12-5-9)16-7-8-3-4-15-6-8/h1-2,5,8H,3-4,6-7H2,(H,13,14)/t8-/m0/s1. The second-order valence-electron chi connectivity index (χ2n) is 3.73. The highest BCUT2D eigenvalue weighted by atomic mass is 16.5. The Balaban J connectivity index is 1.87. The third-order valence-electron chi connectivity index (χ3n) is 2.47. The Kier molecular flexibility index (Phi) is 3.36. The molecule has 2 rings (SSSR count). The van der Waals surface area contributed by atoms with Gasteiger partial charge in [0.05, 0.1) is 18.8 Å². The van der Waals surface area contributed by atoms with Crippen molar-refractivity contribution in [3.8, 4) is 5.88 Å². The number of carboxylic acids is 1. The Morgan fingerprint density at radius 3 is 3.06 bits per heavy atom. The highest BCUT2D eigenvalue weighted by Crippen LogP contribution is 2.14. The van der Waals surface area contributed by atoms with Crippen LogP contribution in [0.2, 0.25) is 0 Å². The van der Waals surface area contributed by atoms with Crippen molar-refractivity contribution >= 4 is 5.97 Å². The molecular formula is C11H13NO4. The molecular weight excluding hydrogens is 210 g/mol. The van der Waals surface area contributed by atoms with E-state index in [2.05, 4.69) is 4.98 Å². The van der Waals surface area contributed by atoms with Gasteiger partial charge in [0, 0.05) is 24.8 Å². The Morgan fingerprint density at radius 2 is 2.50 bits per heavy atom. The van der Waals surface area contributed by atoms with Crippen LogP contribution in [0.1, 0.15) is 16.8 Å². The molecule has 0 aromatic carbocycles. The first-order valence-electron chi connectivity index (χ1n) is 5.15. The van der Waals surface area contributed by atoms with Gasteiger partial charge in [-0.1, -0.05) is 0 Å². The molecule has 1 aromatic heterocycles. The molecule has 0 spiro atoms. The molecule has 0 saturated carbocycles. The lowest BCUT2D eigenvalue weighted by molar-refractivity contribution is 0.0696. The topological polar surface area (TPSA) is 68.7 Å². The summed E-state index contributed by atoms with van der Waals surface area (Å²) in [6.07, 6.45) is 2.30. The Bertz CT molecular complexity index is 357. The summed E-state index contributed by atoms with van der Waals surface area (Å²) in [5.41, 5.74) is 0.163. The molecule has 5 heteroatoms. The van der Waals surface area contributed by atoms with Crippen molar-refractivity contribution in [2.45, 2.75) is 6.42 Å². The van der Waals surface area contributed by atoms with E-state index in [-0.39, 0.29) is 5.56 Å². The Labute approximate surface area is 93.0 Å². The van der Waals surface area contributed by atoms with Crippen LogP contribution in [0, 0.1) is 5.92 Å². The van der Waals surface area contributed by atoms with Gasteiger partial charge in [-0.15, -0.1) is 0 Å². The van der Waals surface area contributed by atoms with Gasteiger partial charge in [0.2, 0.25) is 5.88 Å². The maximum absolute atomic E-state index is 10.6. The fourth-order valence-electron chi connectivity index (χ4n) is 1.51. The smallest absolute Gasteiger partial charge is 0.337 e. The molecule has 86 valence electrons. The first-order valence-corrected chi connectivity index (χ1v) is 5.15. The zero-order valence-electron chi connectivity index (χ0n) is 8.76. The first-order chi connectivity index (χ1) is 7.75. The molecule has 1 atom stereocenters. The average molecular weight is 223 g/mol. The number of carboxylic acid groups (broad SMARTS) is 1. The number of ether oxygens (including phenoxy) is 2. The first kappa shape index (κ1) is 10.9. The molecule has 0 bridgehead atoms. The predicted molar refractivity (Wildman–Crippen MR) is 55.6 cm³/mol. The lowest BCUT2D eigenvalue weighted by atomic mass is 10.1. The van der Waals surface area contributed by atoms with Crippen LogP contribution in [-0.2, 0) is 4.74 Å². The van der Waals surface area contributed by atoms with Crippen LogP contribution in [0.4, 0.5) is 0 Å². The SMILES string of the molecule is O=C(O)c1ccc(OC[C@H]2CCOC2)nc1. The molecule has 0 radical (unpaired) electrons. The van der Waals surface area contributed by atoms with Gasteiger partial charge in [0.1, 0.15) is 0 Å². The fraction of sp³-hybridized carbons (Fsp3) is 0.455. The number of pyridine rings is 1. The number of hydrogen-bond acceptors (Lipinski definition) is 4. The molecule has 1 N–H and O–H groups in total. The van der Waals surface area contributed by atoms with Gasteiger partial charge in [-0.25, -0.2) is 9.78 Å². The molecule has 1 aliphatic rings. The van der Waals surface area contributed by atoms with E-state index in [9.17, 15) is 4.79 Å². The minimum Gasteiger partial charge on any atom is -0.478 e. The summed E-state index contributed by atoms with van der Waals surface area (Å²) in [5.74, 6) is -0.110. The van der Waals surface area contributed by atoms with E-state index in [1.54, 1.807) is 6.07 Å². The van der Waals surface area contributed by atoms with Crippen molar-refractivity contribution in [2.75, 3.05) is 19.8 Å². The lowest BCUT2D eigenvalue weighted by Gasteiger charge is -2.09. The highest BCUT2D eigenvalue weighted by Gasteiger charge is 2.16. The molecule has 16 heavy (non-hydrogen) atoms. The quantitative estimate of drug-likeness (QED) is 0.830. The number of aromatic carboxylic acids is 1. The van der Waals surface area contributed by atoms with Crippen molar-refractivity contribution in [3.63, 3.8) is 0 Å². The monoisotopic (exact) mass is 223 g/mol. The minimum atomic E-state index is -0.983. The third-order valence-corrected chi connectivity index (χ3v) is 2.47. The van der Waals surface area contributed by atoms with Gasteiger partial charge in [0.15, 0.2) is 0 Å². The summed E-state index contributed by atoms with van der Waals surface area (Å²) in [5, 5.41) is 8.68. The zero-order valence-corrected chi connectivity index (χ0v) is 8.76. The van der Waals surface area contributed by atoms with E-state index in [4.69, 9.17) is 14.6 Å². The summed E-state index contributed by atoms with van der Waals surface area (Å²) < 4.78 is 10.7. The van der Waals surface area contributed by atoms with E-state index >= 15 is 0 Å². The molecule has 1 fully saturated rings. The van der Waals surface area contributed by atoms with Gasteiger partial charge < -0.3 is 14.6 Å². The van der Waals surface area contributed by atoms with E-state index in [0.29, 0.717) is 18.4 Å². The van der Waals surface area contributed by atoms with Crippen LogP contribution in [0.25, 0.3) is 0 Å². The minimum absolute atomic E-state index is 0.163. The van der Waals surface area contributed by atoms with E-state index in [1.807, 2.05) is 0 Å². The summed E-state index contributed by atoms with van der Waals surface area (Å²) in [7, 11) is 0. The number of aromatic nitrogens is 1. The molecule has 0 amide bonds. The molecule has 1 aliphatic heterocycles. The molecule has 1 aromatic rings. The summed E-state index contributed by atoms with van der Waals surface area (Å²) >= 11 is 0. The maximum atomic E-state index is 10.6. The van der Waals surface area contributed by atoms with E-state index < -0.39 is 5.97 Å². The maximum Gasteiger partial charge on any atom is 0.337 e. The number of carbonyl (C=O) groups is 1. The molecule has 0 unspecified atom stereocenters. The van der Waals surface area contributed by atoms with Gasteiger partial charge in [0.25, 0.3) is 0 Å². The van der Waals surface area contributed by atoms with Crippen molar-refractivity contribution in [1.29, 1.82) is 0 Å². The molecule has 2 heterocycles. The van der Waals surface area contributed by atoms with Gasteiger partial charge in [-0.05, 0) is 12.5 Å². The normalized spacial score (nSPS) is 19.6. The summed E-state index contributed by atoms with van der Waals surface area (Å²) in [6.45, 7) is 2.09. The Morgan fingerprint density at radius 1 is 1.62 bits per heavy atom. The van der Waals surface area contributed by atoms with Crippen LogP contribution in [-0.4, -0.2) is 35.9 Å². The van der Waals surface area contributed by atoms with Crippen LogP contribution in [0.15, 0.2) is 18.3 Å². The van der Waals surface area contributed by atoms with Crippen molar-refractivity contribution < 1.29 is 19.4 Å². The van der Waals surface area contributed by atoms with E-state index in [0.717, 1.165) is 19.6 Å². The van der Waals surface area contributed by atoms with Crippen molar-refractivity contribution in [1.82, 2.24) is 4.98 Å². The van der Waals surface area contributed by atoms with Gasteiger partial charge in [-0.3, -0.25) is 0 Å². The second kappa shape index (κ2) is 4.94. The Hall–Kier alpha value is -1.62. The lowest BCUT2D eigenvalue weighted by Crippen LogP contribution is -2.12. The number of hydrogen-bond donors (Lipinski definition) is 1. The molecule has 1 saturated heterocycles. The fourth-order valence-corrected chi connectivity index (χ4v) is 1.51. The van der Waals surface area contributed by atoms with E-state index in [1.165, 1.54) is 12.3 Å². The molecule has 5 nitrogen and oxygen atoms in total. The second-order valence-corrected chi connectivity index (χ2v) is 3.73. The van der Waals surface area contributed by atoms with Crippen LogP contribution < -0.4 is 4.74 Å². The van der Waals surface area contributed by atoms with Crippen molar-refractivity contribution in [3.05, 3.63) is 23.9 Å². The summed E-state index contributed by atoms with van der Waals surface area (Å²) in [6, 6.07) is 3.05.